The van der Waals surface area contributed by atoms with Gasteiger partial charge in [0.2, 0.25) is 0 Å². The number of hydrogen-bond donors (Lipinski definition) is 2. The first-order chi connectivity index (χ1) is 10.0. The zero-order valence-electron chi connectivity index (χ0n) is 11.5. The summed E-state index contributed by atoms with van der Waals surface area (Å²) >= 11 is 12.3. The molecular formula is C16H15Cl2NO2. The summed E-state index contributed by atoms with van der Waals surface area (Å²) in [5.74, 6) is 0.956. The summed E-state index contributed by atoms with van der Waals surface area (Å²) in [6, 6.07) is 8.92. The highest BCUT2D eigenvalue weighted by Gasteiger charge is 2.24. The van der Waals surface area contributed by atoms with Crippen LogP contribution in [0.4, 0.5) is 5.69 Å². The third-order valence-corrected chi connectivity index (χ3v) is 4.10. The van der Waals surface area contributed by atoms with Crippen LogP contribution in [0, 0.1) is 6.92 Å². The Balaban J connectivity index is 1.95. The average molecular weight is 324 g/mol. The van der Waals surface area contributed by atoms with Crippen LogP contribution in [0.3, 0.4) is 0 Å². The molecule has 110 valence electrons. The minimum atomic E-state index is 0.0770. The predicted molar refractivity (Wildman–Crippen MR) is 85.8 cm³/mol. The summed E-state index contributed by atoms with van der Waals surface area (Å²) in [4.78, 5) is 0. The molecule has 1 aliphatic rings. The van der Waals surface area contributed by atoms with Gasteiger partial charge in [-0.05, 0) is 42.8 Å². The fourth-order valence-electron chi connectivity index (χ4n) is 2.57. The molecule has 1 aliphatic heterocycles. The van der Waals surface area contributed by atoms with Crippen LogP contribution >= 0.6 is 23.2 Å². The maximum atomic E-state index is 9.49. The van der Waals surface area contributed by atoms with Gasteiger partial charge in [-0.25, -0.2) is 0 Å². The van der Waals surface area contributed by atoms with E-state index in [1.54, 1.807) is 18.2 Å². The van der Waals surface area contributed by atoms with E-state index in [0.29, 0.717) is 22.4 Å². The van der Waals surface area contributed by atoms with Crippen molar-refractivity contribution in [1.29, 1.82) is 0 Å². The highest BCUT2D eigenvalue weighted by molar-refractivity contribution is 6.35. The summed E-state index contributed by atoms with van der Waals surface area (Å²) in [5, 5.41) is 14.1. The van der Waals surface area contributed by atoms with Crippen molar-refractivity contribution < 1.29 is 9.84 Å². The van der Waals surface area contributed by atoms with E-state index in [1.165, 1.54) is 0 Å². The van der Waals surface area contributed by atoms with Crippen LogP contribution in [0.1, 0.15) is 23.6 Å². The van der Waals surface area contributed by atoms with E-state index in [0.717, 1.165) is 23.2 Å². The lowest BCUT2D eigenvalue weighted by atomic mass is 9.99. The zero-order valence-corrected chi connectivity index (χ0v) is 13.0. The van der Waals surface area contributed by atoms with E-state index < -0.39 is 0 Å². The summed E-state index contributed by atoms with van der Waals surface area (Å²) in [7, 11) is 0. The van der Waals surface area contributed by atoms with Gasteiger partial charge in [-0.2, -0.15) is 0 Å². The van der Waals surface area contributed by atoms with Crippen LogP contribution in [0.25, 0.3) is 0 Å². The van der Waals surface area contributed by atoms with Crippen molar-refractivity contribution in [1.82, 2.24) is 0 Å². The molecule has 1 atom stereocenters. The molecule has 0 bridgehead atoms. The van der Waals surface area contributed by atoms with Crippen molar-refractivity contribution in [3.05, 3.63) is 51.5 Å². The molecule has 0 saturated carbocycles. The van der Waals surface area contributed by atoms with Gasteiger partial charge in [0.15, 0.2) is 0 Å². The lowest BCUT2D eigenvalue weighted by Crippen LogP contribution is -2.21. The number of benzene rings is 2. The highest BCUT2D eigenvalue weighted by Crippen LogP contribution is 2.41. The van der Waals surface area contributed by atoms with Crippen molar-refractivity contribution in [2.75, 3.05) is 11.9 Å². The number of hydrogen-bond acceptors (Lipinski definition) is 3. The molecule has 3 nitrogen and oxygen atoms in total. The quantitative estimate of drug-likeness (QED) is 0.769. The van der Waals surface area contributed by atoms with E-state index >= 15 is 0 Å². The molecule has 0 aliphatic carbocycles. The second kappa shape index (κ2) is 5.66. The Morgan fingerprint density at radius 3 is 2.81 bits per heavy atom. The highest BCUT2D eigenvalue weighted by atomic mass is 35.5. The van der Waals surface area contributed by atoms with Crippen molar-refractivity contribution in [3.8, 4) is 11.5 Å². The van der Waals surface area contributed by atoms with E-state index in [9.17, 15) is 5.11 Å². The fraction of sp³-hybridized carbons (Fsp3) is 0.250. The van der Waals surface area contributed by atoms with Crippen LogP contribution in [0.15, 0.2) is 30.3 Å². The number of halogens is 2. The topological polar surface area (TPSA) is 41.5 Å². The standard InChI is InChI=1S/C16H15Cl2NO2/c1-9-6-11(20)2-3-14(9)19-15-4-5-21-16-12(15)7-10(17)8-13(16)18/h2-3,6-8,15,19-20H,4-5H2,1H3. The van der Waals surface area contributed by atoms with Crippen molar-refractivity contribution in [2.45, 2.75) is 19.4 Å². The van der Waals surface area contributed by atoms with Gasteiger partial charge in [0.1, 0.15) is 11.5 Å². The number of phenolic OH excluding ortho intramolecular Hbond substituents is 1. The first kappa shape index (κ1) is 14.4. The third-order valence-electron chi connectivity index (χ3n) is 3.61. The van der Waals surface area contributed by atoms with Gasteiger partial charge in [0.25, 0.3) is 0 Å². The number of fused-ring (bicyclic) bond motifs is 1. The lowest BCUT2D eigenvalue weighted by Gasteiger charge is -2.29. The first-order valence-electron chi connectivity index (χ1n) is 6.72. The minimum absolute atomic E-state index is 0.0770. The summed E-state index contributed by atoms with van der Waals surface area (Å²) < 4.78 is 5.66. The van der Waals surface area contributed by atoms with Gasteiger partial charge in [0, 0.05) is 22.7 Å². The molecule has 0 fully saturated rings. The number of aryl methyl sites for hydroxylation is 1. The molecule has 0 spiro atoms. The summed E-state index contributed by atoms with van der Waals surface area (Å²) in [6.45, 7) is 2.55. The molecule has 1 unspecified atom stereocenters. The van der Waals surface area contributed by atoms with Crippen molar-refractivity contribution >= 4 is 28.9 Å². The monoisotopic (exact) mass is 323 g/mol. The average Bonchev–Trinajstić information content (AvgIpc) is 2.42. The number of ether oxygens (including phenoxy) is 1. The third kappa shape index (κ3) is 2.89. The SMILES string of the molecule is Cc1cc(O)ccc1NC1CCOc2c(Cl)cc(Cl)cc21. The van der Waals surface area contributed by atoms with E-state index in [4.69, 9.17) is 27.9 Å². The Bertz CT molecular complexity index is 688. The molecule has 0 amide bonds. The molecule has 2 N–H and O–H groups in total. The summed E-state index contributed by atoms with van der Waals surface area (Å²) in [6.07, 6.45) is 0.823. The first-order valence-corrected chi connectivity index (χ1v) is 7.48. The zero-order chi connectivity index (χ0) is 15.0. The maximum Gasteiger partial charge on any atom is 0.143 e. The van der Waals surface area contributed by atoms with Crippen LogP contribution in [0.5, 0.6) is 11.5 Å². The number of anilines is 1. The molecule has 0 saturated heterocycles. The molecule has 21 heavy (non-hydrogen) atoms. The van der Waals surface area contributed by atoms with E-state index in [-0.39, 0.29) is 11.8 Å². The number of rotatable bonds is 2. The summed E-state index contributed by atoms with van der Waals surface area (Å²) in [5.41, 5.74) is 2.92. The number of aromatic hydroxyl groups is 1. The smallest absolute Gasteiger partial charge is 0.143 e. The van der Waals surface area contributed by atoms with Crippen LogP contribution in [0.2, 0.25) is 10.0 Å². The second-order valence-corrected chi connectivity index (χ2v) is 5.98. The van der Waals surface area contributed by atoms with Gasteiger partial charge in [-0.1, -0.05) is 23.2 Å². The molecule has 1 heterocycles. The maximum absolute atomic E-state index is 9.49. The van der Waals surface area contributed by atoms with Crippen LogP contribution in [-0.4, -0.2) is 11.7 Å². The van der Waals surface area contributed by atoms with E-state index in [2.05, 4.69) is 5.32 Å². The Morgan fingerprint density at radius 2 is 2.05 bits per heavy atom. The Kier molecular flexibility index (Phi) is 3.87. The molecule has 3 rings (SSSR count). The normalized spacial score (nSPS) is 17.0. The second-order valence-electron chi connectivity index (χ2n) is 5.14. The molecule has 2 aromatic rings. The van der Waals surface area contributed by atoms with Gasteiger partial charge in [0.05, 0.1) is 17.7 Å². The molecule has 0 radical (unpaired) electrons. The molecule has 2 aromatic carbocycles. The Hall–Kier alpha value is -1.58. The van der Waals surface area contributed by atoms with Crippen LogP contribution < -0.4 is 10.1 Å². The predicted octanol–water partition coefficient (Wildman–Crippen LogP) is 4.94. The Labute approximate surface area is 133 Å². The lowest BCUT2D eigenvalue weighted by molar-refractivity contribution is 0.274. The number of phenols is 1. The van der Waals surface area contributed by atoms with Crippen molar-refractivity contribution in [2.24, 2.45) is 0 Å². The molecular weight excluding hydrogens is 309 g/mol. The largest absolute Gasteiger partial charge is 0.508 e. The van der Waals surface area contributed by atoms with Gasteiger partial charge < -0.3 is 15.2 Å². The van der Waals surface area contributed by atoms with Gasteiger partial charge in [-0.15, -0.1) is 0 Å². The van der Waals surface area contributed by atoms with E-state index in [1.807, 2.05) is 19.1 Å². The minimum Gasteiger partial charge on any atom is -0.508 e. The van der Waals surface area contributed by atoms with Gasteiger partial charge >= 0.3 is 0 Å². The Morgan fingerprint density at radius 1 is 1.24 bits per heavy atom. The van der Waals surface area contributed by atoms with Gasteiger partial charge in [-0.3, -0.25) is 0 Å². The molecule has 0 aromatic heterocycles. The fourth-order valence-corrected chi connectivity index (χ4v) is 3.14. The number of nitrogens with one attached hydrogen (secondary N) is 1. The molecule has 5 heteroatoms. The van der Waals surface area contributed by atoms with Crippen LogP contribution in [-0.2, 0) is 0 Å². The van der Waals surface area contributed by atoms with Crippen molar-refractivity contribution in [3.63, 3.8) is 0 Å².